The molecule has 4 rings (SSSR count). The van der Waals surface area contributed by atoms with Crippen molar-refractivity contribution in [1.82, 2.24) is 9.78 Å². The maximum absolute atomic E-state index is 14.4. The van der Waals surface area contributed by atoms with Gasteiger partial charge in [-0.3, -0.25) is 9.89 Å². The van der Waals surface area contributed by atoms with Gasteiger partial charge < -0.3 is 0 Å². The Balaban J connectivity index is 1.90. The van der Waals surface area contributed by atoms with Gasteiger partial charge in [-0.05, 0) is 36.4 Å². The van der Waals surface area contributed by atoms with Gasteiger partial charge in [-0.1, -0.05) is 48.5 Å². The van der Waals surface area contributed by atoms with Gasteiger partial charge >= 0.3 is 0 Å². The lowest BCUT2D eigenvalue weighted by atomic mass is 10.1. The zero-order valence-corrected chi connectivity index (χ0v) is 14.2. The van der Waals surface area contributed by atoms with Crippen LogP contribution in [0, 0.1) is 5.82 Å². The Morgan fingerprint density at radius 3 is 2.11 bits per heavy atom. The van der Waals surface area contributed by atoms with Crippen LogP contribution in [0.1, 0.15) is 0 Å². The predicted octanol–water partition coefficient (Wildman–Crippen LogP) is 5.39. The number of rotatable bonds is 4. The van der Waals surface area contributed by atoms with Crippen LogP contribution >= 0.6 is 0 Å². The molecule has 0 amide bonds. The molecule has 0 saturated carbocycles. The molecular weight excluding hydrogens is 343 g/mol. The average molecular weight is 358 g/mol. The van der Waals surface area contributed by atoms with Crippen molar-refractivity contribution in [3.05, 3.63) is 101 Å². The van der Waals surface area contributed by atoms with Crippen LogP contribution in [0.2, 0.25) is 0 Å². The molecule has 0 spiro atoms. The van der Waals surface area contributed by atoms with Crippen molar-refractivity contribution < 1.29 is 4.39 Å². The lowest BCUT2D eigenvalue weighted by Crippen LogP contribution is -2.13. The van der Waals surface area contributed by atoms with Gasteiger partial charge in [0.25, 0.3) is 5.56 Å². The Morgan fingerprint density at radius 1 is 0.778 bits per heavy atom. The molecule has 1 aromatic heterocycles. The summed E-state index contributed by atoms with van der Waals surface area (Å²) in [6.07, 6.45) is 0. The van der Waals surface area contributed by atoms with Crippen LogP contribution in [0.15, 0.2) is 100.0 Å². The Morgan fingerprint density at radius 2 is 1.41 bits per heavy atom. The highest BCUT2D eigenvalue weighted by Gasteiger charge is 2.19. The highest BCUT2D eigenvalue weighted by Crippen LogP contribution is 2.29. The van der Waals surface area contributed by atoms with Gasteiger partial charge in [-0.15, -0.1) is 5.11 Å². The number of hydrogen-bond donors (Lipinski definition) is 1. The first-order valence-corrected chi connectivity index (χ1v) is 8.36. The summed E-state index contributed by atoms with van der Waals surface area (Å²) in [5, 5.41) is 11.2. The normalized spacial score (nSPS) is 11.1. The van der Waals surface area contributed by atoms with Crippen LogP contribution in [0.5, 0.6) is 0 Å². The molecule has 132 valence electrons. The number of aromatic nitrogens is 2. The van der Waals surface area contributed by atoms with Gasteiger partial charge in [-0.25, -0.2) is 9.07 Å². The van der Waals surface area contributed by atoms with Crippen LogP contribution in [-0.4, -0.2) is 9.78 Å². The molecule has 27 heavy (non-hydrogen) atoms. The third-order valence-corrected chi connectivity index (χ3v) is 4.05. The Labute approximate surface area is 154 Å². The van der Waals surface area contributed by atoms with Gasteiger partial charge in [0, 0.05) is 5.56 Å². The molecule has 0 aliphatic rings. The van der Waals surface area contributed by atoms with Gasteiger partial charge in [0.2, 0.25) is 0 Å². The summed E-state index contributed by atoms with van der Waals surface area (Å²) in [5.74, 6) is -0.449. The van der Waals surface area contributed by atoms with E-state index >= 15 is 0 Å². The van der Waals surface area contributed by atoms with Crippen LogP contribution in [0.3, 0.4) is 0 Å². The van der Waals surface area contributed by atoms with E-state index in [0.29, 0.717) is 11.4 Å². The van der Waals surface area contributed by atoms with Crippen molar-refractivity contribution in [3.8, 4) is 16.9 Å². The van der Waals surface area contributed by atoms with E-state index in [1.54, 1.807) is 42.5 Å². The molecule has 6 heteroatoms. The number of benzene rings is 3. The molecule has 0 fully saturated rings. The van der Waals surface area contributed by atoms with E-state index in [9.17, 15) is 9.18 Å². The first-order chi connectivity index (χ1) is 13.2. The monoisotopic (exact) mass is 358 g/mol. The number of nitrogens with one attached hydrogen (secondary N) is 1. The van der Waals surface area contributed by atoms with E-state index in [0.717, 1.165) is 0 Å². The minimum atomic E-state index is -0.449. The first-order valence-electron chi connectivity index (χ1n) is 8.36. The molecule has 0 aliphatic carbocycles. The lowest BCUT2D eigenvalue weighted by Gasteiger charge is -2.02. The minimum Gasteiger partial charge on any atom is -0.288 e. The maximum Gasteiger partial charge on any atom is 0.299 e. The number of H-pyrrole nitrogens is 1. The summed E-state index contributed by atoms with van der Waals surface area (Å²) in [6, 6.07) is 24.3. The molecule has 1 heterocycles. The van der Waals surface area contributed by atoms with E-state index in [2.05, 4.69) is 15.3 Å². The van der Waals surface area contributed by atoms with Crippen molar-refractivity contribution in [2.45, 2.75) is 0 Å². The van der Waals surface area contributed by atoms with Gasteiger partial charge in [0.05, 0.1) is 17.1 Å². The second kappa shape index (κ2) is 7.21. The molecule has 0 radical (unpaired) electrons. The summed E-state index contributed by atoms with van der Waals surface area (Å²) in [6.45, 7) is 0. The summed E-state index contributed by atoms with van der Waals surface area (Å²) < 4.78 is 15.7. The number of halogens is 1. The van der Waals surface area contributed by atoms with Gasteiger partial charge in [-0.2, -0.15) is 5.11 Å². The predicted molar refractivity (Wildman–Crippen MR) is 102 cm³/mol. The third kappa shape index (κ3) is 3.32. The number of hydrogen-bond acceptors (Lipinski definition) is 3. The van der Waals surface area contributed by atoms with E-state index in [-0.39, 0.29) is 16.9 Å². The second-order valence-electron chi connectivity index (χ2n) is 5.83. The summed E-state index contributed by atoms with van der Waals surface area (Å²) in [5.41, 5.74) is 1.41. The van der Waals surface area contributed by atoms with Crippen molar-refractivity contribution in [1.29, 1.82) is 0 Å². The SMILES string of the molecule is O=c1c(N=Nc2ccccc2)c(-c2ccccc2F)[nH]n1-c1ccccc1. The largest absolute Gasteiger partial charge is 0.299 e. The number of para-hydroxylation sites is 1. The maximum atomic E-state index is 14.4. The Bertz CT molecular complexity index is 1150. The van der Waals surface area contributed by atoms with E-state index < -0.39 is 11.4 Å². The lowest BCUT2D eigenvalue weighted by molar-refractivity contribution is 0.630. The van der Waals surface area contributed by atoms with Crippen LogP contribution in [-0.2, 0) is 0 Å². The van der Waals surface area contributed by atoms with Gasteiger partial charge in [0.1, 0.15) is 5.82 Å². The van der Waals surface area contributed by atoms with Crippen molar-refractivity contribution in [2.24, 2.45) is 10.2 Å². The molecule has 0 bridgehead atoms. The summed E-state index contributed by atoms with van der Waals surface area (Å²) >= 11 is 0. The Hall–Kier alpha value is -3.80. The molecule has 0 atom stereocenters. The van der Waals surface area contributed by atoms with Crippen LogP contribution in [0.4, 0.5) is 15.8 Å². The summed E-state index contributed by atoms with van der Waals surface area (Å²) in [7, 11) is 0. The standard InChI is InChI=1S/C21H15FN4O/c22-18-14-8-7-13-17(18)19-20(24-23-15-9-3-1-4-10-15)21(27)26(25-19)16-11-5-2-6-12-16/h1-14,25H. The van der Waals surface area contributed by atoms with Crippen LogP contribution in [0.25, 0.3) is 16.9 Å². The summed E-state index contributed by atoms with van der Waals surface area (Å²) in [4.78, 5) is 13.0. The fraction of sp³-hybridized carbons (Fsp3) is 0. The van der Waals surface area contributed by atoms with E-state index in [4.69, 9.17) is 0 Å². The molecule has 0 aliphatic heterocycles. The number of azo groups is 1. The fourth-order valence-corrected chi connectivity index (χ4v) is 2.73. The smallest absolute Gasteiger partial charge is 0.288 e. The highest BCUT2D eigenvalue weighted by molar-refractivity contribution is 5.72. The minimum absolute atomic E-state index is 0.0489. The second-order valence-corrected chi connectivity index (χ2v) is 5.83. The number of aromatic amines is 1. The van der Waals surface area contributed by atoms with Crippen LogP contribution < -0.4 is 5.56 Å². The molecule has 0 unspecified atom stereocenters. The molecule has 0 saturated heterocycles. The highest BCUT2D eigenvalue weighted by atomic mass is 19.1. The van der Waals surface area contributed by atoms with Gasteiger partial charge in [0.15, 0.2) is 5.69 Å². The molecule has 1 N–H and O–H groups in total. The zero-order valence-electron chi connectivity index (χ0n) is 14.2. The van der Waals surface area contributed by atoms with Crippen molar-refractivity contribution in [3.63, 3.8) is 0 Å². The molecule has 3 aromatic carbocycles. The van der Waals surface area contributed by atoms with Crippen molar-refractivity contribution >= 4 is 11.4 Å². The fourth-order valence-electron chi connectivity index (χ4n) is 2.73. The van der Waals surface area contributed by atoms with E-state index in [1.807, 2.05) is 36.4 Å². The van der Waals surface area contributed by atoms with Crippen molar-refractivity contribution in [2.75, 3.05) is 0 Å². The zero-order chi connectivity index (χ0) is 18.6. The molecule has 5 nitrogen and oxygen atoms in total. The molecule has 4 aromatic rings. The number of nitrogens with zero attached hydrogens (tertiary/aromatic N) is 3. The molecular formula is C21H15FN4O. The topological polar surface area (TPSA) is 62.5 Å². The quantitative estimate of drug-likeness (QED) is 0.489. The Kier molecular flexibility index (Phi) is 4.45. The van der Waals surface area contributed by atoms with E-state index in [1.165, 1.54) is 10.7 Å². The third-order valence-electron chi connectivity index (χ3n) is 4.05. The first kappa shape index (κ1) is 16.7. The average Bonchev–Trinajstić information content (AvgIpc) is 3.04.